The number of rotatable bonds is 5. The van der Waals surface area contributed by atoms with Crippen molar-refractivity contribution in [2.45, 2.75) is 19.5 Å². The predicted molar refractivity (Wildman–Crippen MR) is 111 cm³/mol. The van der Waals surface area contributed by atoms with Gasteiger partial charge in [0.15, 0.2) is 0 Å². The predicted octanol–water partition coefficient (Wildman–Crippen LogP) is 4.76. The molecule has 0 aromatic heterocycles. The standard InChI is InChI=1S/C20H20ClN3O3S/c1-13(16-5-3-4-6-17(16)21)23(2)19(26)22-15-9-7-14(8-10-15)11-24-18(25)12-28-20(24)27/h3-10,13H,11-12H2,1-2H3,(H,22,26). The van der Waals surface area contributed by atoms with E-state index in [2.05, 4.69) is 5.32 Å². The van der Waals surface area contributed by atoms with Gasteiger partial charge in [0.2, 0.25) is 5.91 Å². The van der Waals surface area contributed by atoms with Gasteiger partial charge in [0, 0.05) is 17.8 Å². The summed E-state index contributed by atoms with van der Waals surface area (Å²) >= 11 is 7.24. The van der Waals surface area contributed by atoms with E-state index in [0.717, 1.165) is 22.9 Å². The van der Waals surface area contributed by atoms with Crippen molar-refractivity contribution in [1.82, 2.24) is 9.80 Å². The highest BCUT2D eigenvalue weighted by Gasteiger charge is 2.29. The zero-order chi connectivity index (χ0) is 20.3. The van der Waals surface area contributed by atoms with Crippen molar-refractivity contribution in [3.63, 3.8) is 0 Å². The van der Waals surface area contributed by atoms with Crippen LogP contribution in [0.15, 0.2) is 48.5 Å². The number of anilines is 1. The highest BCUT2D eigenvalue weighted by molar-refractivity contribution is 8.14. The maximum Gasteiger partial charge on any atom is 0.322 e. The molecular formula is C20H20ClN3O3S. The molecule has 1 unspecified atom stereocenters. The molecule has 1 atom stereocenters. The number of nitrogens with one attached hydrogen (secondary N) is 1. The van der Waals surface area contributed by atoms with Crippen molar-refractivity contribution < 1.29 is 14.4 Å². The molecule has 0 bridgehead atoms. The lowest BCUT2D eigenvalue weighted by Crippen LogP contribution is -2.33. The minimum atomic E-state index is -0.263. The Hall–Kier alpha value is -2.51. The molecule has 4 amide bonds. The number of nitrogens with zero attached hydrogens (tertiary/aromatic N) is 2. The molecule has 146 valence electrons. The molecule has 1 aliphatic heterocycles. The topological polar surface area (TPSA) is 69.7 Å². The van der Waals surface area contributed by atoms with E-state index >= 15 is 0 Å². The summed E-state index contributed by atoms with van der Waals surface area (Å²) in [6.07, 6.45) is 0. The molecule has 0 aliphatic carbocycles. The van der Waals surface area contributed by atoms with Gasteiger partial charge < -0.3 is 10.2 Å². The number of imide groups is 1. The van der Waals surface area contributed by atoms with Crippen molar-refractivity contribution in [3.8, 4) is 0 Å². The number of urea groups is 1. The molecular weight excluding hydrogens is 398 g/mol. The summed E-state index contributed by atoms with van der Waals surface area (Å²) in [5, 5.41) is 3.23. The third-order valence-corrected chi connectivity index (χ3v) is 5.85. The zero-order valence-corrected chi connectivity index (χ0v) is 17.1. The van der Waals surface area contributed by atoms with E-state index < -0.39 is 0 Å². The maximum atomic E-state index is 12.6. The Bertz CT molecular complexity index is 888. The highest BCUT2D eigenvalue weighted by Crippen LogP contribution is 2.27. The lowest BCUT2D eigenvalue weighted by atomic mass is 10.1. The lowest BCUT2D eigenvalue weighted by molar-refractivity contribution is -0.125. The number of carbonyl (C=O) groups is 3. The number of hydrogen-bond donors (Lipinski definition) is 1. The first-order valence-electron chi connectivity index (χ1n) is 8.71. The Balaban J connectivity index is 1.62. The second-order valence-electron chi connectivity index (χ2n) is 6.47. The van der Waals surface area contributed by atoms with Crippen LogP contribution in [-0.2, 0) is 11.3 Å². The molecule has 1 fully saturated rings. The van der Waals surface area contributed by atoms with Gasteiger partial charge in [-0.25, -0.2) is 4.79 Å². The largest absolute Gasteiger partial charge is 0.322 e. The van der Waals surface area contributed by atoms with E-state index in [0.29, 0.717) is 10.7 Å². The maximum absolute atomic E-state index is 12.6. The molecule has 0 saturated carbocycles. The van der Waals surface area contributed by atoms with Gasteiger partial charge in [-0.1, -0.05) is 53.7 Å². The summed E-state index contributed by atoms with van der Waals surface area (Å²) in [6, 6.07) is 14.0. The fraction of sp³-hybridized carbons (Fsp3) is 0.250. The van der Waals surface area contributed by atoms with Crippen LogP contribution in [0, 0.1) is 0 Å². The Morgan fingerprint density at radius 3 is 2.50 bits per heavy atom. The van der Waals surface area contributed by atoms with E-state index in [1.54, 1.807) is 42.3 Å². The Morgan fingerprint density at radius 1 is 1.21 bits per heavy atom. The van der Waals surface area contributed by atoms with Gasteiger partial charge in [-0.2, -0.15) is 0 Å². The first kappa shape index (κ1) is 20.2. The van der Waals surface area contributed by atoms with Crippen LogP contribution in [0.5, 0.6) is 0 Å². The van der Waals surface area contributed by atoms with Crippen molar-refractivity contribution >= 4 is 46.2 Å². The number of benzene rings is 2. The van der Waals surface area contributed by atoms with Gasteiger partial charge >= 0.3 is 6.03 Å². The summed E-state index contributed by atoms with van der Waals surface area (Å²) in [6.45, 7) is 2.15. The SMILES string of the molecule is CC(c1ccccc1Cl)N(C)C(=O)Nc1ccc(CN2C(=O)CSC2=O)cc1. The molecule has 8 heteroatoms. The van der Waals surface area contributed by atoms with E-state index in [1.165, 1.54) is 4.90 Å². The van der Waals surface area contributed by atoms with E-state index in [9.17, 15) is 14.4 Å². The quantitative estimate of drug-likeness (QED) is 0.761. The number of amides is 4. The molecule has 28 heavy (non-hydrogen) atoms. The minimum Gasteiger partial charge on any atom is -0.321 e. The second-order valence-corrected chi connectivity index (χ2v) is 7.80. The third-order valence-electron chi connectivity index (χ3n) is 4.64. The molecule has 2 aromatic rings. The molecule has 3 rings (SSSR count). The molecule has 1 aliphatic rings. The van der Waals surface area contributed by atoms with Crippen molar-refractivity contribution in [1.29, 1.82) is 0 Å². The third kappa shape index (κ3) is 4.48. The average Bonchev–Trinajstić information content (AvgIpc) is 3.00. The van der Waals surface area contributed by atoms with E-state index in [-0.39, 0.29) is 35.5 Å². The Kier molecular flexibility index (Phi) is 6.26. The number of hydrogen-bond acceptors (Lipinski definition) is 4. The average molecular weight is 418 g/mol. The number of carbonyl (C=O) groups excluding carboxylic acids is 3. The summed E-state index contributed by atoms with van der Waals surface area (Å²) in [5.41, 5.74) is 2.32. The number of halogens is 1. The van der Waals surface area contributed by atoms with Crippen molar-refractivity contribution in [2.75, 3.05) is 18.1 Å². The molecule has 0 spiro atoms. The first-order valence-corrected chi connectivity index (χ1v) is 10.1. The second kappa shape index (κ2) is 8.67. The summed E-state index contributed by atoms with van der Waals surface area (Å²) in [5.74, 6) is 0.0192. The van der Waals surface area contributed by atoms with Gasteiger partial charge in [0.05, 0.1) is 18.3 Å². The molecule has 1 heterocycles. The van der Waals surface area contributed by atoms with Crippen LogP contribution in [0.1, 0.15) is 24.1 Å². The van der Waals surface area contributed by atoms with Crippen molar-refractivity contribution in [3.05, 3.63) is 64.7 Å². The molecule has 1 N–H and O–H groups in total. The zero-order valence-electron chi connectivity index (χ0n) is 15.5. The summed E-state index contributed by atoms with van der Waals surface area (Å²) < 4.78 is 0. The van der Waals surface area contributed by atoms with Gasteiger partial charge in [0.25, 0.3) is 5.24 Å². The van der Waals surface area contributed by atoms with Gasteiger partial charge in [-0.05, 0) is 36.2 Å². The van der Waals surface area contributed by atoms with Crippen LogP contribution in [0.3, 0.4) is 0 Å². The minimum absolute atomic E-state index is 0.178. The Labute approximate surface area is 172 Å². The molecule has 2 aromatic carbocycles. The van der Waals surface area contributed by atoms with Crippen LogP contribution in [0.4, 0.5) is 15.3 Å². The fourth-order valence-electron chi connectivity index (χ4n) is 2.82. The molecule has 1 saturated heterocycles. The normalized spacial score (nSPS) is 14.9. The van der Waals surface area contributed by atoms with Crippen LogP contribution in [0.25, 0.3) is 0 Å². The van der Waals surface area contributed by atoms with Crippen LogP contribution >= 0.6 is 23.4 Å². The summed E-state index contributed by atoms with van der Waals surface area (Å²) in [7, 11) is 1.71. The smallest absolute Gasteiger partial charge is 0.321 e. The van der Waals surface area contributed by atoms with E-state index in [1.807, 2.05) is 25.1 Å². The lowest BCUT2D eigenvalue weighted by Gasteiger charge is -2.26. The van der Waals surface area contributed by atoms with E-state index in [4.69, 9.17) is 11.6 Å². The molecule has 6 nitrogen and oxygen atoms in total. The molecule has 0 radical (unpaired) electrons. The first-order chi connectivity index (χ1) is 13.4. The van der Waals surface area contributed by atoms with Gasteiger partial charge in [0.1, 0.15) is 0 Å². The van der Waals surface area contributed by atoms with Crippen LogP contribution in [0.2, 0.25) is 5.02 Å². The van der Waals surface area contributed by atoms with Gasteiger partial charge in [-0.3, -0.25) is 14.5 Å². The van der Waals surface area contributed by atoms with Crippen LogP contribution < -0.4 is 5.32 Å². The summed E-state index contributed by atoms with van der Waals surface area (Å²) in [4.78, 5) is 38.7. The monoisotopic (exact) mass is 417 g/mol. The Morgan fingerprint density at radius 2 is 1.89 bits per heavy atom. The number of thioether (sulfide) groups is 1. The highest BCUT2D eigenvalue weighted by atomic mass is 35.5. The van der Waals surface area contributed by atoms with Gasteiger partial charge in [-0.15, -0.1) is 0 Å². The van der Waals surface area contributed by atoms with Crippen LogP contribution in [-0.4, -0.2) is 39.8 Å². The van der Waals surface area contributed by atoms with Crippen molar-refractivity contribution in [2.24, 2.45) is 0 Å². The fourth-order valence-corrected chi connectivity index (χ4v) is 3.84.